The van der Waals surface area contributed by atoms with Gasteiger partial charge in [-0.1, -0.05) is 0 Å². The van der Waals surface area contributed by atoms with Crippen molar-refractivity contribution in [1.29, 1.82) is 0 Å². The predicted octanol–water partition coefficient (Wildman–Crippen LogP) is 1.61. The normalized spacial score (nSPS) is 10.4. The van der Waals surface area contributed by atoms with E-state index in [9.17, 15) is 9.59 Å². The number of nitrogens with zero attached hydrogens (tertiary/aromatic N) is 2. The van der Waals surface area contributed by atoms with E-state index in [1.54, 1.807) is 46.5 Å². The van der Waals surface area contributed by atoms with Gasteiger partial charge in [-0.15, -0.1) is 0 Å². The fourth-order valence-corrected chi connectivity index (χ4v) is 1.80. The molecule has 0 saturated carbocycles. The van der Waals surface area contributed by atoms with Crippen molar-refractivity contribution in [2.45, 2.75) is 0 Å². The maximum atomic E-state index is 11.9. The van der Waals surface area contributed by atoms with Gasteiger partial charge in [-0.25, -0.2) is 4.79 Å². The number of methoxy groups -OCH3 is 1. The fourth-order valence-electron chi connectivity index (χ4n) is 1.80. The van der Waals surface area contributed by atoms with Crippen LogP contribution in [0.1, 0.15) is 0 Å². The second kappa shape index (κ2) is 5.24. The lowest BCUT2D eigenvalue weighted by molar-refractivity contribution is 0.172. The van der Waals surface area contributed by atoms with Crippen LogP contribution in [0.2, 0.25) is 0 Å². The van der Waals surface area contributed by atoms with Crippen LogP contribution in [0.25, 0.3) is 10.9 Å². The van der Waals surface area contributed by atoms with Gasteiger partial charge in [0.1, 0.15) is 11.5 Å². The van der Waals surface area contributed by atoms with E-state index in [-0.39, 0.29) is 11.3 Å². The van der Waals surface area contributed by atoms with E-state index in [2.05, 4.69) is 0 Å². The summed E-state index contributed by atoms with van der Waals surface area (Å²) in [6.07, 6.45) is -0.532. The number of aryl methyl sites for hydroxylation is 1. The van der Waals surface area contributed by atoms with Crippen LogP contribution in [0.5, 0.6) is 11.5 Å². The van der Waals surface area contributed by atoms with Crippen LogP contribution < -0.4 is 15.0 Å². The van der Waals surface area contributed by atoms with E-state index in [1.807, 2.05) is 0 Å². The molecule has 0 fully saturated rings. The molecule has 6 heteroatoms. The van der Waals surface area contributed by atoms with Crippen molar-refractivity contribution < 1.29 is 14.3 Å². The molecule has 0 aliphatic rings. The summed E-state index contributed by atoms with van der Waals surface area (Å²) in [5.41, 5.74) is 0.380. The molecule has 0 unspecified atom stereocenters. The van der Waals surface area contributed by atoms with Crippen molar-refractivity contribution in [2.24, 2.45) is 7.05 Å². The Morgan fingerprint density at radius 1 is 1.25 bits per heavy atom. The smallest absolute Gasteiger partial charge is 0.414 e. The Bertz CT molecular complexity index is 719. The van der Waals surface area contributed by atoms with Gasteiger partial charge < -0.3 is 18.9 Å². The highest BCUT2D eigenvalue weighted by Gasteiger charge is 2.13. The number of rotatable bonds is 2. The Kier molecular flexibility index (Phi) is 3.65. The second-order valence-electron chi connectivity index (χ2n) is 4.55. The molecule has 0 aliphatic heterocycles. The van der Waals surface area contributed by atoms with Crippen LogP contribution in [-0.4, -0.2) is 36.8 Å². The molecule has 6 nitrogen and oxygen atoms in total. The minimum Gasteiger partial charge on any atom is -0.497 e. The lowest BCUT2D eigenvalue weighted by Gasteiger charge is -2.14. The molecule has 0 atom stereocenters. The van der Waals surface area contributed by atoms with Crippen molar-refractivity contribution in [2.75, 3.05) is 21.2 Å². The van der Waals surface area contributed by atoms with Crippen LogP contribution in [0.15, 0.2) is 29.1 Å². The van der Waals surface area contributed by atoms with E-state index < -0.39 is 6.09 Å². The zero-order chi connectivity index (χ0) is 14.9. The molecule has 1 amide bonds. The number of carbonyl (C=O) groups is 1. The minimum atomic E-state index is -0.532. The lowest BCUT2D eigenvalue weighted by atomic mass is 10.2. The van der Waals surface area contributed by atoms with Gasteiger partial charge in [0.05, 0.1) is 12.6 Å². The SMILES string of the molecule is COc1ccc2c(OC(=O)N(C)C)cc(=O)n(C)c2c1. The third kappa shape index (κ3) is 2.45. The van der Waals surface area contributed by atoms with E-state index in [0.29, 0.717) is 16.7 Å². The fraction of sp³-hybridized carbons (Fsp3) is 0.286. The highest BCUT2D eigenvalue weighted by molar-refractivity contribution is 5.88. The highest BCUT2D eigenvalue weighted by atomic mass is 16.6. The first kappa shape index (κ1) is 13.9. The van der Waals surface area contributed by atoms with Crippen molar-refractivity contribution in [3.8, 4) is 11.5 Å². The van der Waals surface area contributed by atoms with Gasteiger partial charge in [-0.05, 0) is 12.1 Å². The molecule has 1 aromatic carbocycles. The number of pyridine rings is 1. The predicted molar refractivity (Wildman–Crippen MR) is 75.5 cm³/mol. The summed E-state index contributed by atoms with van der Waals surface area (Å²) in [6.45, 7) is 0. The molecule has 2 rings (SSSR count). The number of ether oxygens (including phenoxy) is 2. The van der Waals surface area contributed by atoms with Gasteiger partial charge >= 0.3 is 6.09 Å². The Labute approximate surface area is 116 Å². The van der Waals surface area contributed by atoms with Gasteiger partial charge in [-0.3, -0.25) is 4.79 Å². The lowest BCUT2D eigenvalue weighted by Crippen LogP contribution is -2.26. The third-order valence-corrected chi connectivity index (χ3v) is 2.98. The topological polar surface area (TPSA) is 60.8 Å². The van der Waals surface area contributed by atoms with Crippen LogP contribution in [0.4, 0.5) is 4.79 Å². The van der Waals surface area contributed by atoms with Crippen LogP contribution in [0.3, 0.4) is 0 Å². The molecule has 20 heavy (non-hydrogen) atoms. The summed E-state index contributed by atoms with van der Waals surface area (Å²) >= 11 is 0. The van der Waals surface area contributed by atoms with Crippen molar-refractivity contribution >= 4 is 17.0 Å². The summed E-state index contributed by atoms with van der Waals surface area (Å²) in [5.74, 6) is 0.869. The summed E-state index contributed by atoms with van der Waals surface area (Å²) in [7, 11) is 6.36. The highest BCUT2D eigenvalue weighted by Crippen LogP contribution is 2.27. The van der Waals surface area contributed by atoms with Crippen molar-refractivity contribution in [3.05, 3.63) is 34.6 Å². The molecule has 0 radical (unpaired) electrons. The molecule has 106 valence electrons. The summed E-state index contributed by atoms with van der Waals surface area (Å²) in [5, 5.41) is 0.670. The number of benzene rings is 1. The zero-order valence-electron chi connectivity index (χ0n) is 11.8. The Morgan fingerprint density at radius 2 is 1.95 bits per heavy atom. The first-order valence-electron chi connectivity index (χ1n) is 6.01. The third-order valence-electron chi connectivity index (χ3n) is 2.98. The van der Waals surface area contributed by atoms with Crippen molar-refractivity contribution in [3.63, 3.8) is 0 Å². The number of carbonyl (C=O) groups excluding carboxylic acids is 1. The number of hydrogen-bond acceptors (Lipinski definition) is 4. The van der Waals surface area contributed by atoms with E-state index in [4.69, 9.17) is 9.47 Å². The second-order valence-corrected chi connectivity index (χ2v) is 4.55. The molecule has 0 N–H and O–H groups in total. The number of fused-ring (bicyclic) bond motifs is 1. The molecule has 0 saturated heterocycles. The molecule has 0 bridgehead atoms. The Morgan fingerprint density at radius 3 is 2.55 bits per heavy atom. The summed E-state index contributed by atoms with van der Waals surface area (Å²) in [6, 6.07) is 6.53. The molecule has 2 aromatic rings. The summed E-state index contributed by atoms with van der Waals surface area (Å²) < 4.78 is 11.9. The van der Waals surface area contributed by atoms with E-state index in [0.717, 1.165) is 0 Å². The molecular formula is C14H16N2O4. The maximum Gasteiger partial charge on any atom is 0.414 e. The van der Waals surface area contributed by atoms with Crippen LogP contribution in [-0.2, 0) is 7.05 Å². The largest absolute Gasteiger partial charge is 0.497 e. The molecular weight excluding hydrogens is 260 g/mol. The average molecular weight is 276 g/mol. The Balaban J connectivity index is 2.64. The van der Waals surface area contributed by atoms with E-state index in [1.165, 1.54) is 15.5 Å². The van der Waals surface area contributed by atoms with Crippen LogP contribution >= 0.6 is 0 Å². The van der Waals surface area contributed by atoms with Gasteiger partial charge in [0.25, 0.3) is 5.56 Å². The molecule has 0 aliphatic carbocycles. The van der Waals surface area contributed by atoms with Gasteiger partial charge in [0.15, 0.2) is 0 Å². The minimum absolute atomic E-state index is 0.240. The zero-order valence-corrected chi connectivity index (χ0v) is 11.8. The summed E-state index contributed by atoms with van der Waals surface area (Å²) in [4.78, 5) is 24.9. The van der Waals surface area contributed by atoms with Gasteiger partial charge in [0, 0.05) is 38.7 Å². The first-order chi connectivity index (χ1) is 9.43. The number of amides is 1. The van der Waals surface area contributed by atoms with Crippen LogP contribution in [0, 0.1) is 0 Å². The van der Waals surface area contributed by atoms with Crippen molar-refractivity contribution in [1.82, 2.24) is 9.47 Å². The standard InChI is InChI=1S/C14H16N2O4/c1-15(2)14(18)20-12-8-13(17)16(3)11-7-9(19-4)5-6-10(11)12/h5-8H,1-4H3. The average Bonchev–Trinajstić information content (AvgIpc) is 2.43. The number of aromatic nitrogens is 1. The number of hydrogen-bond donors (Lipinski definition) is 0. The van der Waals surface area contributed by atoms with Gasteiger partial charge in [0.2, 0.25) is 0 Å². The molecule has 1 heterocycles. The maximum absolute atomic E-state index is 11.9. The monoisotopic (exact) mass is 276 g/mol. The first-order valence-corrected chi connectivity index (χ1v) is 6.01. The molecule has 1 aromatic heterocycles. The van der Waals surface area contributed by atoms with Gasteiger partial charge in [-0.2, -0.15) is 0 Å². The molecule has 0 spiro atoms. The quantitative estimate of drug-likeness (QED) is 0.836. The van der Waals surface area contributed by atoms with E-state index >= 15 is 0 Å². The Hall–Kier alpha value is -2.50.